The number of likely N-dealkylation sites (tertiary alicyclic amines) is 1. The first-order valence-electron chi connectivity index (χ1n) is 10.2. The molecule has 2 aromatic rings. The molecule has 3 aliphatic rings. The number of hydrogen-bond donors (Lipinski definition) is 1. The van der Waals surface area contributed by atoms with Crippen LogP contribution in [0.5, 0.6) is 11.5 Å². The molecule has 30 heavy (non-hydrogen) atoms. The zero-order valence-corrected chi connectivity index (χ0v) is 16.6. The Balaban J connectivity index is 1.17. The Morgan fingerprint density at radius 1 is 1.03 bits per heavy atom. The maximum Gasteiger partial charge on any atom is 0.321 e. The molecule has 4 amide bonds. The summed E-state index contributed by atoms with van der Waals surface area (Å²) in [5.74, 6) is 1.31. The van der Waals surface area contributed by atoms with Crippen molar-refractivity contribution in [3.05, 3.63) is 54.1 Å². The van der Waals surface area contributed by atoms with Crippen LogP contribution in [0.15, 0.2) is 48.5 Å². The smallest absolute Gasteiger partial charge is 0.321 e. The average Bonchev–Trinajstić information content (AvgIpc) is 3.49. The van der Waals surface area contributed by atoms with Gasteiger partial charge in [-0.3, -0.25) is 0 Å². The van der Waals surface area contributed by atoms with Crippen molar-refractivity contribution in [2.24, 2.45) is 0 Å². The normalized spacial score (nSPS) is 20.2. The van der Waals surface area contributed by atoms with Gasteiger partial charge in [0.2, 0.25) is 6.79 Å². The fourth-order valence-corrected chi connectivity index (χ4v) is 4.25. The molecular weight excluding hydrogens is 384 g/mol. The summed E-state index contributed by atoms with van der Waals surface area (Å²) in [4.78, 5) is 31.1. The van der Waals surface area contributed by atoms with Crippen molar-refractivity contribution >= 4 is 17.7 Å². The molecule has 2 saturated heterocycles. The second kappa shape index (κ2) is 7.78. The molecule has 0 spiro atoms. The van der Waals surface area contributed by atoms with Gasteiger partial charge in [-0.15, -0.1) is 0 Å². The minimum absolute atomic E-state index is 0.0563. The summed E-state index contributed by atoms with van der Waals surface area (Å²) in [5, 5.41) is 2.91. The van der Waals surface area contributed by atoms with E-state index in [-0.39, 0.29) is 24.9 Å². The standard InChI is InChI=1S/C22H24N4O4/c27-21(23-17-6-7-19-20(12-17)30-15-29-19)24-9-8-18(14-24)26-11-10-25(22(26)28)13-16-4-2-1-3-5-16/h1-7,12,18H,8-11,13-15H2,(H,23,27). The SMILES string of the molecule is O=C(Nc1ccc2c(c1)OCO2)N1CCC(N2CCN(Cc3ccccc3)C2=O)C1. The molecule has 0 bridgehead atoms. The van der Waals surface area contributed by atoms with Crippen molar-refractivity contribution in [2.75, 3.05) is 38.3 Å². The quantitative estimate of drug-likeness (QED) is 0.844. The van der Waals surface area contributed by atoms with E-state index in [2.05, 4.69) is 5.32 Å². The summed E-state index contributed by atoms with van der Waals surface area (Å²) in [6.07, 6.45) is 0.791. The van der Waals surface area contributed by atoms with Crippen LogP contribution in [0.4, 0.5) is 15.3 Å². The van der Waals surface area contributed by atoms with E-state index in [4.69, 9.17) is 9.47 Å². The predicted molar refractivity (Wildman–Crippen MR) is 111 cm³/mol. The van der Waals surface area contributed by atoms with Crippen molar-refractivity contribution in [3.8, 4) is 11.5 Å². The number of rotatable bonds is 4. The monoisotopic (exact) mass is 408 g/mol. The first kappa shape index (κ1) is 18.6. The fourth-order valence-electron chi connectivity index (χ4n) is 4.25. The van der Waals surface area contributed by atoms with Crippen LogP contribution in [0.1, 0.15) is 12.0 Å². The Morgan fingerprint density at radius 2 is 1.87 bits per heavy atom. The molecule has 1 N–H and O–H groups in total. The van der Waals surface area contributed by atoms with Gasteiger partial charge in [-0.1, -0.05) is 30.3 Å². The largest absolute Gasteiger partial charge is 0.454 e. The zero-order chi connectivity index (χ0) is 20.5. The van der Waals surface area contributed by atoms with E-state index >= 15 is 0 Å². The first-order chi connectivity index (χ1) is 14.7. The second-order valence-electron chi connectivity index (χ2n) is 7.77. The van der Waals surface area contributed by atoms with Gasteiger partial charge < -0.3 is 29.5 Å². The number of carbonyl (C=O) groups is 2. The van der Waals surface area contributed by atoms with Crippen LogP contribution in [-0.4, -0.2) is 65.8 Å². The number of amides is 4. The Kier molecular flexibility index (Phi) is 4.82. The Hall–Kier alpha value is -3.42. The van der Waals surface area contributed by atoms with Crippen molar-refractivity contribution < 1.29 is 19.1 Å². The number of benzene rings is 2. The summed E-state index contributed by atoms with van der Waals surface area (Å²) >= 11 is 0. The molecule has 5 rings (SSSR count). The zero-order valence-electron chi connectivity index (χ0n) is 16.6. The van der Waals surface area contributed by atoms with Crippen LogP contribution >= 0.6 is 0 Å². The van der Waals surface area contributed by atoms with Crippen LogP contribution in [0.2, 0.25) is 0 Å². The van der Waals surface area contributed by atoms with Gasteiger partial charge >= 0.3 is 12.1 Å². The average molecular weight is 408 g/mol. The lowest BCUT2D eigenvalue weighted by atomic mass is 10.2. The molecule has 0 radical (unpaired) electrons. The van der Waals surface area contributed by atoms with Crippen molar-refractivity contribution in [1.29, 1.82) is 0 Å². The van der Waals surface area contributed by atoms with Crippen LogP contribution in [-0.2, 0) is 6.54 Å². The molecule has 0 saturated carbocycles. The third kappa shape index (κ3) is 3.60. The Labute approximate surface area is 174 Å². The summed E-state index contributed by atoms with van der Waals surface area (Å²) in [7, 11) is 0. The van der Waals surface area contributed by atoms with E-state index in [9.17, 15) is 9.59 Å². The predicted octanol–water partition coefficient (Wildman–Crippen LogP) is 2.96. The molecule has 156 valence electrons. The van der Waals surface area contributed by atoms with Gasteiger partial charge in [-0.05, 0) is 24.1 Å². The van der Waals surface area contributed by atoms with Crippen molar-refractivity contribution in [1.82, 2.24) is 14.7 Å². The summed E-state index contributed by atoms with van der Waals surface area (Å²) in [6.45, 7) is 3.41. The molecule has 8 nitrogen and oxygen atoms in total. The van der Waals surface area contributed by atoms with Crippen molar-refractivity contribution in [3.63, 3.8) is 0 Å². The van der Waals surface area contributed by atoms with Gasteiger partial charge in [0.25, 0.3) is 0 Å². The van der Waals surface area contributed by atoms with E-state index in [0.717, 1.165) is 12.0 Å². The van der Waals surface area contributed by atoms with Gasteiger partial charge in [0.15, 0.2) is 11.5 Å². The van der Waals surface area contributed by atoms with Gasteiger partial charge in [-0.25, -0.2) is 9.59 Å². The van der Waals surface area contributed by atoms with Gasteiger partial charge in [0.05, 0.1) is 6.04 Å². The number of hydrogen-bond acceptors (Lipinski definition) is 4. The highest BCUT2D eigenvalue weighted by molar-refractivity contribution is 5.90. The minimum atomic E-state index is -0.163. The molecule has 3 aliphatic heterocycles. The van der Waals surface area contributed by atoms with E-state index in [1.165, 1.54) is 0 Å². The van der Waals surface area contributed by atoms with Crippen LogP contribution < -0.4 is 14.8 Å². The third-order valence-electron chi connectivity index (χ3n) is 5.86. The third-order valence-corrected chi connectivity index (χ3v) is 5.86. The van der Waals surface area contributed by atoms with E-state index < -0.39 is 0 Å². The molecule has 0 aliphatic carbocycles. The molecule has 2 fully saturated rings. The maximum absolute atomic E-state index is 12.9. The molecular formula is C22H24N4O4. The molecule has 8 heteroatoms. The lowest BCUT2D eigenvalue weighted by Gasteiger charge is -2.25. The molecule has 3 heterocycles. The first-order valence-corrected chi connectivity index (χ1v) is 10.2. The topological polar surface area (TPSA) is 74.4 Å². The number of anilines is 1. The number of fused-ring (bicyclic) bond motifs is 1. The van der Waals surface area contributed by atoms with Crippen LogP contribution in [0.3, 0.4) is 0 Å². The van der Waals surface area contributed by atoms with Crippen molar-refractivity contribution in [2.45, 2.75) is 19.0 Å². The highest BCUT2D eigenvalue weighted by Crippen LogP contribution is 2.34. The Morgan fingerprint density at radius 3 is 2.73 bits per heavy atom. The maximum atomic E-state index is 12.9. The van der Waals surface area contributed by atoms with Gasteiger partial charge in [-0.2, -0.15) is 0 Å². The number of ether oxygens (including phenoxy) is 2. The summed E-state index contributed by atoms with van der Waals surface area (Å²) in [6, 6.07) is 15.3. The lowest BCUT2D eigenvalue weighted by Crippen LogP contribution is -2.42. The van der Waals surface area contributed by atoms with E-state index in [0.29, 0.717) is 49.9 Å². The molecule has 2 aromatic carbocycles. The lowest BCUT2D eigenvalue weighted by molar-refractivity contribution is 0.173. The number of urea groups is 2. The summed E-state index contributed by atoms with van der Waals surface area (Å²) < 4.78 is 10.7. The van der Waals surface area contributed by atoms with Gasteiger partial charge in [0.1, 0.15) is 0 Å². The number of nitrogens with one attached hydrogen (secondary N) is 1. The molecule has 0 aromatic heterocycles. The Bertz CT molecular complexity index is 951. The molecule has 1 unspecified atom stereocenters. The van der Waals surface area contributed by atoms with E-state index in [1.54, 1.807) is 23.1 Å². The van der Waals surface area contributed by atoms with Crippen LogP contribution in [0, 0.1) is 0 Å². The van der Waals surface area contributed by atoms with E-state index in [1.807, 2.05) is 40.1 Å². The number of carbonyl (C=O) groups excluding carboxylic acids is 2. The highest BCUT2D eigenvalue weighted by atomic mass is 16.7. The highest BCUT2D eigenvalue weighted by Gasteiger charge is 2.38. The summed E-state index contributed by atoms with van der Waals surface area (Å²) in [5.41, 5.74) is 1.79. The molecule has 1 atom stereocenters. The fraction of sp³-hybridized carbons (Fsp3) is 0.364. The van der Waals surface area contributed by atoms with Gasteiger partial charge in [0, 0.05) is 44.5 Å². The minimum Gasteiger partial charge on any atom is -0.454 e. The number of nitrogens with zero attached hydrogens (tertiary/aromatic N) is 3. The second-order valence-corrected chi connectivity index (χ2v) is 7.77. The van der Waals surface area contributed by atoms with Crippen LogP contribution in [0.25, 0.3) is 0 Å².